The molecule has 0 spiro atoms. The molecule has 0 aliphatic heterocycles. The molecule has 4 heteroatoms. The first-order valence-electron chi connectivity index (χ1n) is 6.49. The standard InChI is InChI=1S/C16H17ClO2S/c1-10(2)12-5-4-11(3)8-14(12)19-9-13(18)15-6-7-16(17)20-15/h4-8,10H,9H2,1-3H3. The molecule has 0 unspecified atom stereocenters. The summed E-state index contributed by atoms with van der Waals surface area (Å²) in [5, 5.41) is 0. The minimum Gasteiger partial charge on any atom is -0.485 e. The summed E-state index contributed by atoms with van der Waals surface area (Å²) in [6, 6.07) is 9.55. The third-order valence-electron chi connectivity index (χ3n) is 3.00. The molecular weight excluding hydrogens is 292 g/mol. The highest BCUT2D eigenvalue weighted by Crippen LogP contribution is 2.28. The summed E-state index contributed by atoms with van der Waals surface area (Å²) < 4.78 is 6.34. The third kappa shape index (κ3) is 3.62. The Kier molecular flexibility index (Phi) is 4.84. The van der Waals surface area contributed by atoms with E-state index in [1.165, 1.54) is 11.3 Å². The van der Waals surface area contributed by atoms with Gasteiger partial charge in [0.15, 0.2) is 6.61 Å². The van der Waals surface area contributed by atoms with Gasteiger partial charge in [0, 0.05) is 0 Å². The number of ketones is 1. The van der Waals surface area contributed by atoms with Crippen molar-refractivity contribution in [3.05, 3.63) is 50.7 Å². The molecule has 1 heterocycles. The van der Waals surface area contributed by atoms with E-state index < -0.39 is 0 Å². The molecule has 0 atom stereocenters. The molecule has 0 aliphatic carbocycles. The van der Waals surface area contributed by atoms with Gasteiger partial charge in [-0.2, -0.15) is 0 Å². The van der Waals surface area contributed by atoms with E-state index in [2.05, 4.69) is 26.0 Å². The van der Waals surface area contributed by atoms with Crippen LogP contribution in [0.15, 0.2) is 30.3 Å². The van der Waals surface area contributed by atoms with Gasteiger partial charge in [-0.15, -0.1) is 11.3 Å². The van der Waals surface area contributed by atoms with E-state index in [1.807, 2.05) is 13.0 Å². The Morgan fingerprint density at radius 1 is 1.30 bits per heavy atom. The predicted octanol–water partition coefficient (Wildman–Crippen LogP) is 5.10. The normalized spacial score (nSPS) is 10.8. The van der Waals surface area contributed by atoms with Gasteiger partial charge in [0.1, 0.15) is 5.75 Å². The molecule has 0 saturated carbocycles. The summed E-state index contributed by atoms with van der Waals surface area (Å²) in [6.45, 7) is 6.27. The SMILES string of the molecule is Cc1ccc(C(C)C)c(OCC(=O)c2ccc(Cl)s2)c1. The van der Waals surface area contributed by atoms with Crippen LogP contribution in [0.25, 0.3) is 0 Å². The van der Waals surface area contributed by atoms with Crippen LogP contribution in [0.3, 0.4) is 0 Å². The molecule has 0 bridgehead atoms. The number of rotatable bonds is 5. The van der Waals surface area contributed by atoms with Crippen molar-refractivity contribution in [1.82, 2.24) is 0 Å². The van der Waals surface area contributed by atoms with E-state index in [4.69, 9.17) is 16.3 Å². The first-order chi connectivity index (χ1) is 9.47. The van der Waals surface area contributed by atoms with Gasteiger partial charge in [-0.25, -0.2) is 0 Å². The lowest BCUT2D eigenvalue weighted by atomic mass is 10.0. The highest BCUT2D eigenvalue weighted by molar-refractivity contribution is 7.18. The summed E-state index contributed by atoms with van der Waals surface area (Å²) in [7, 11) is 0. The molecule has 0 N–H and O–H groups in total. The number of Topliss-reactive ketones (excluding diaryl/α,β-unsaturated/α-hetero) is 1. The average molecular weight is 309 g/mol. The van der Waals surface area contributed by atoms with Crippen molar-refractivity contribution in [3.63, 3.8) is 0 Å². The quantitative estimate of drug-likeness (QED) is 0.719. The molecule has 2 nitrogen and oxygen atoms in total. The summed E-state index contributed by atoms with van der Waals surface area (Å²) in [6.07, 6.45) is 0. The fraction of sp³-hybridized carbons (Fsp3) is 0.312. The number of hydrogen-bond donors (Lipinski definition) is 0. The zero-order chi connectivity index (χ0) is 14.7. The summed E-state index contributed by atoms with van der Waals surface area (Å²) in [4.78, 5) is 12.7. The number of hydrogen-bond acceptors (Lipinski definition) is 3. The van der Waals surface area contributed by atoms with Crippen LogP contribution in [0.4, 0.5) is 0 Å². The van der Waals surface area contributed by atoms with E-state index in [1.54, 1.807) is 12.1 Å². The maximum atomic E-state index is 12.0. The van der Waals surface area contributed by atoms with Gasteiger partial charge in [0.05, 0.1) is 9.21 Å². The number of ether oxygens (including phenoxy) is 1. The van der Waals surface area contributed by atoms with Crippen molar-refractivity contribution >= 4 is 28.7 Å². The van der Waals surface area contributed by atoms with E-state index >= 15 is 0 Å². The van der Waals surface area contributed by atoms with Gasteiger partial charge < -0.3 is 4.74 Å². The van der Waals surface area contributed by atoms with E-state index in [0.29, 0.717) is 15.1 Å². The molecule has 0 aliphatic rings. The molecule has 0 radical (unpaired) electrons. The molecule has 20 heavy (non-hydrogen) atoms. The lowest BCUT2D eigenvalue weighted by molar-refractivity contribution is 0.0924. The topological polar surface area (TPSA) is 26.3 Å². The van der Waals surface area contributed by atoms with Crippen LogP contribution in [0.5, 0.6) is 5.75 Å². The second kappa shape index (κ2) is 6.42. The highest BCUT2D eigenvalue weighted by Gasteiger charge is 2.13. The van der Waals surface area contributed by atoms with Gasteiger partial charge in [-0.05, 0) is 42.2 Å². The van der Waals surface area contributed by atoms with Gasteiger partial charge in [-0.1, -0.05) is 37.6 Å². The number of benzene rings is 1. The average Bonchev–Trinajstić information content (AvgIpc) is 2.82. The molecule has 0 amide bonds. The highest BCUT2D eigenvalue weighted by atomic mass is 35.5. The van der Waals surface area contributed by atoms with Crippen LogP contribution in [0.1, 0.15) is 40.6 Å². The van der Waals surface area contributed by atoms with Crippen molar-refractivity contribution in [3.8, 4) is 5.75 Å². The number of thiophene rings is 1. The molecule has 2 rings (SSSR count). The first kappa shape index (κ1) is 15.1. The van der Waals surface area contributed by atoms with Crippen LogP contribution in [-0.4, -0.2) is 12.4 Å². The molecule has 0 saturated heterocycles. The lowest BCUT2D eigenvalue weighted by Crippen LogP contribution is -2.11. The zero-order valence-corrected chi connectivity index (χ0v) is 13.3. The molecule has 106 valence electrons. The first-order valence-corrected chi connectivity index (χ1v) is 7.68. The van der Waals surface area contributed by atoms with Crippen molar-refractivity contribution < 1.29 is 9.53 Å². The van der Waals surface area contributed by atoms with Crippen molar-refractivity contribution in [2.45, 2.75) is 26.7 Å². The van der Waals surface area contributed by atoms with Crippen LogP contribution in [-0.2, 0) is 0 Å². The second-order valence-electron chi connectivity index (χ2n) is 5.01. The summed E-state index contributed by atoms with van der Waals surface area (Å²) >= 11 is 7.12. The van der Waals surface area contributed by atoms with Crippen LogP contribution < -0.4 is 4.74 Å². The number of halogens is 1. The minimum atomic E-state index is -0.0434. The Morgan fingerprint density at radius 2 is 2.05 bits per heavy atom. The van der Waals surface area contributed by atoms with Gasteiger partial charge in [0.2, 0.25) is 5.78 Å². The zero-order valence-electron chi connectivity index (χ0n) is 11.8. The fourth-order valence-electron chi connectivity index (χ4n) is 1.92. The second-order valence-corrected chi connectivity index (χ2v) is 6.73. The molecule has 2 aromatic rings. The summed E-state index contributed by atoms with van der Waals surface area (Å²) in [5.41, 5.74) is 2.24. The smallest absolute Gasteiger partial charge is 0.210 e. The monoisotopic (exact) mass is 308 g/mol. The van der Waals surface area contributed by atoms with Crippen molar-refractivity contribution in [2.24, 2.45) is 0 Å². The van der Waals surface area contributed by atoms with E-state index in [9.17, 15) is 4.79 Å². The van der Waals surface area contributed by atoms with Crippen LogP contribution in [0.2, 0.25) is 4.34 Å². The number of carbonyl (C=O) groups excluding carboxylic acids is 1. The third-order valence-corrected chi connectivity index (χ3v) is 4.27. The van der Waals surface area contributed by atoms with Gasteiger partial charge in [0.25, 0.3) is 0 Å². The van der Waals surface area contributed by atoms with Crippen molar-refractivity contribution in [2.75, 3.05) is 6.61 Å². The number of aryl methyl sites for hydroxylation is 1. The van der Waals surface area contributed by atoms with Crippen LogP contribution >= 0.6 is 22.9 Å². The minimum absolute atomic E-state index is 0.0417. The number of carbonyl (C=O) groups is 1. The molecule has 0 fully saturated rings. The molecular formula is C16H17ClO2S. The Balaban J connectivity index is 2.10. The molecule has 1 aromatic carbocycles. The largest absolute Gasteiger partial charge is 0.485 e. The maximum absolute atomic E-state index is 12.0. The Labute approximate surface area is 128 Å². The van der Waals surface area contributed by atoms with E-state index in [-0.39, 0.29) is 12.4 Å². The van der Waals surface area contributed by atoms with Gasteiger partial charge in [-0.3, -0.25) is 4.79 Å². The van der Waals surface area contributed by atoms with E-state index in [0.717, 1.165) is 16.9 Å². The Morgan fingerprint density at radius 3 is 2.65 bits per heavy atom. The predicted molar refractivity (Wildman–Crippen MR) is 84.4 cm³/mol. The Hall–Kier alpha value is -1.32. The van der Waals surface area contributed by atoms with Gasteiger partial charge >= 0.3 is 0 Å². The van der Waals surface area contributed by atoms with Crippen molar-refractivity contribution in [1.29, 1.82) is 0 Å². The van der Waals surface area contributed by atoms with Crippen LogP contribution in [0, 0.1) is 6.92 Å². The molecule has 1 aromatic heterocycles. The maximum Gasteiger partial charge on any atom is 0.210 e. The summed E-state index contributed by atoms with van der Waals surface area (Å²) in [5.74, 6) is 1.10. The fourth-order valence-corrected chi connectivity index (χ4v) is 2.89. The lowest BCUT2D eigenvalue weighted by Gasteiger charge is -2.14. The Bertz CT molecular complexity index is 617.